The summed E-state index contributed by atoms with van der Waals surface area (Å²) in [7, 11) is -4.13. The van der Waals surface area contributed by atoms with Crippen LogP contribution in [0.25, 0.3) is 0 Å². The summed E-state index contributed by atoms with van der Waals surface area (Å²) in [6, 6.07) is 1.51. The summed E-state index contributed by atoms with van der Waals surface area (Å²) in [4.78, 5) is 10.3. The van der Waals surface area contributed by atoms with Gasteiger partial charge in [-0.2, -0.15) is 13.2 Å². The highest BCUT2D eigenvalue weighted by atomic mass is 32.2. The Bertz CT molecular complexity index is 653. The number of rotatable bonds is 5. The predicted octanol–water partition coefficient (Wildman–Crippen LogP) is 2.86. The molecule has 1 aromatic carbocycles. The number of aryl methyl sites for hydroxylation is 1. The Hall–Kier alpha value is -1.29. The van der Waals surface area contributed by atoms with Gasteiger partial charge in [-0.1, -0.05) is 0 Å². The first-order valence-corrected chi connectivity index (χ1v) is 8.05. The third-order valence-corrected chi connectivity index (χ3v) is 5.12. The molecule has 118 valence electrons. The number of carbonyl (C=O) groups is 1. The minimum Gasteiger partial charge on any atom is -0.478 e. The van der Waals surface area contributed by atoms with Crippen LogP contribution in [0.15, 0.2) is 17.0 Å². The Kier molecular flexibility index (Phi) is 5.26. The molecule has 21 heavy (non-hydrogen) atoms. The van der Waals surface area contributed by atoms with Crippen molar-refractivity contribution in [2.24, 2.45) is 0 Å². The number of sulfone groups is 1. The highest BCUT2D eigenvalue weighted by Gasteiger charge is 2.29. The van der Waals surface area contributed by atoms with Crippen molar-refractivity contribution in [3.8, 4) is 0 Å². The van der Waals surface area contributed by atoms with E-state index in [0.717, 1.165) is 6.07 Å². The highest BCUT2D eigenvalue weighted by Crippen LogP contribution is 2.30. The van der Waals surface area contributed by atoms with Gasteiger partial charge in [0.1, 0.15) is 5.82 Å². The fourth-order valence-corrected chi connectivity index (χ4v) is 3.79. The summed E-state index contributed by atoms with van der Waals surface area (Å²) in [6.45, 7) is 1.17. The highest BCUT2D eigenvalue weighted by molar-refractivity contribution is 8.01. The standard InChI is InChI=1S/C11H10F4O4S2/c1-6-4-7(5-8(9(6)12)10(16)17)21(18,19)3-2-20-11(13,14)15/h4-5H,2-3H2,1H3,(H,16,17). The molecule has 1 N–H and O–H groups in total. The van der Waals surface area contributed by atoms with Crippen LogP contribution < -0.4 is 0 Å². The van der Waals surface area contributed by atoms with E-state index in [1.54, 1.807) is 0 Å². The molecule has 0 spiro atoms. The number of carboxylic acids is 1. The van der Waals surface area contributed by atoms with E-state index in [9.17, 15) is 30.8 Å². The second-order valence-electron chi connectivity index (χ2n) is 4.02. The van der Waals surface area contributed by atoms with Gasteiger partial charge >= 0.3 is 11.5 Å². The lowest BCUT2D eigenvalue weighted by molar-refractivity contribution is -0.0326. The molecule has 0 atom stereocenters. The second kappa shape index (κ2) is 6.22. The van der Waals surface area contributed by atoms with Crippen LogP contribution in [0.4, 0.5) is 17.6 Å². The molecular formula is C11H10F4O4S2. The number of hydrogen-bond donors (Lipinski definition) is 1. The van der Waals surface area contributed by atoms with E-state index in [0.29, 0.717) is 6.07 Å². The smallest absolute Gasteiger partial charge is 0.441 e. The van der Waals surface area contributed by atoms with Crippen LogP contribution in [0.3, 0.4) is 0 Å². The van der Waals surface area contributed by atoms with E-state index in [1.165, 1.54) is 6.92 Å². The van der Waals surface area contributed by atoms with Crippen LogP contribution in [-0.4, -0.2) is 36.5 Å². The number of alkyl halides is 3. The number of aromatic carboxylic acids is 1. The van der Waals surface area contributed by atoms with Crippen molar-refractivity contribution in [3.05, 3.63) is 29.1 Å². The first-order valence-electron chi connectivity index (χ1n) is 5.41. The van der Waals surface area contributed by atoms with E-state index < -0.39 is 60.9 Å². The molecule has 0 unspecified atom stereocenters. The lowest BCUT2D eigenvalue weighted by Gasteiger charge is -2.09. The molecule has 0 radical (unpaired) electrons. The molecule has 0 saturated carbocycles. The van der Waals surface area contributed by atoms with E-state index in [4.69, 9.17) is 5.11 Å². The van der Waals surface area contributed by atoms with Gasteiger partial charge < -0.3 is 5.11 Å². The van der Waals surface area contributed by atoms with Crippen molar-refractivity contribution >= 4 is 27.6 Å². The predicted molar refractivity (Wildman–Crippen MR) is 68.7 cm³/mol. The summed E-state index contributed by atoms with van der Waals surface area (Å²) in [6.07, 6.45) is 0. The number of halogens is 4. The molecule has 4 nitrogen and oxygen atoms in total. The minimum absolute atomic E-state index is 0.211. The van der Waals surface area contributed by atoms with Crippen molar-refractivity contribution in [1.29, 1.82) is 0 Å². The van der Waals surface area contributed by atoms with E-state index in [1.807, 2.05) is 0 Å². The molecule has 0 heterocycles. The fraction of sp³-hybridized carbons (Fsp3) is 0.364. The van der Waals surface area contributed by atoms with Gasteiger partial charge in [0.2, 0.25) is 0 Å². The molecule has 0 aliphatic heterocycles. The normalized spacial score (nSPS) is 12.4. The van der Waals surface area contributed by atoms with Crippen LogP contribution in [0.2, 0.25) is 0 Å². The number of hydrogen-bond acceptors (Lipinski definition) is 4. The topological polar surface area (TPSA) is 71.4 Å². The summed E-state index contributed by atoms with van der Waals surface area (Å²) in [5.74, 6) is -4.30. The summed E-state index contributed by atoms with van der Waals surface area (Å²) < 4.78 is 73.1. The van der Waals surface area contributed by atoms with Crippen molar-refractivity contribution in [2.45, 2.75) is 17.3 Å². The van der Waals surface area contributed by atoms with Crippen LogP contribution in [0.1, 0.15) is 15.9 Å². The Labute approximate surface area is 122 Å². The Morgan fingerprint density at radius 1 is 1.33 bits per heavy atom. The van der Waals surface area contributed by atoms with Crippen LogP contribution >= 0.6 is 11.8 Å². The maximum absolute atomic E-state index is 13.5. The third kappa shape index (κ3) is 4.88. The Morgan fingerprint density at radius 2 is 1.90 bits per heavy atom. The summed E-state index contributed by atoms with van der Waals surface area (Å²) in [5, 5.41) is 8.78. The second-order valence-corrected chi connectivity index (χ2v) is 7.29. The van der Waals surface area contributed by atoms with Crippen molar-refractivity contribution in [2.75, 3.05) is 11.5 Å². The van der Waals surface area contributed by atoms with Gasteiger partial charge in [0, 0.05) is 5.75 Å². The average Bonchev–Trinajstić information content (AvgIpc) is 2.29. The first-order chi connectivity index (χ1) is 9.44. The SMILES string of the molecule is Cc1cc(S(=O)(=O)CCSC(F)(F)F)cc(C(=O)O)c1F. The van der Waals surface area contributed by atoms with E-state index >= 15 is 0 Å². The number of carboxylic acid groups (broad SMARTS) is 1. The van der Waals surface area contributed by atoms with Crippen LogP contribution in [-0.2, 0) is 9.84 Å². The Balaban J connectivity index is 3.07. The average molecular weight is 346 g/mol. The zero-order chi connectivity index (χ0) is 16.4. The van der Waals surface area contributed by atoms with Gasteiger partial charge in [0.05, 0.1) is 16.2 Å². The van der Waals surface area contributed by atoms with Gasteiger partial charge in [-0.05, 0) is 36.4 Å². The molecule has 0 amide bonds. The van der Waals surface area contributed by atoms with Gasteiger partial charge in [0.25, 0.3) is 0 Å². The molecule has 0 saturated heterocycles. The lowest BCUT2D eigenvalue weighted by atomic mass is 10.1. The maximum Gasteiger partial charge on any atom is 0.441 e. The number of thioether (sulfide) groups is 1. The van der Waals surface area contributed by atoms with Crippen LogP contribution in [0, 0.1) is 12.7 Å². The fourth-order valence-electron chi connectivity index (χ4n) is 1.46. The lowest BCUT2D eigenvalue weighted by Crippen LogP contribution is -2.14. The molecule has 0 aliphatic carbocycles. The largest absolute Gasteiger partial charge is 0.478 e. The van der Waals surface area contributed by atoms with Gasteiger partial charge in [-0.3, -0.25) is 0 Å². The van der Waals surface area contributed by atoms with E-state index in [-0.39, 0.29) is 5.56 Å². The minimum atomic E-state index is -4.56. The zero-order valence-electron chi connectivity index (χ0n) is 10.6. The van der Waals surface area contributed by atoms with Crippen molar-refractivity contribution in [3.63, 3.8) is 0 Å². The van der Waals surface area contributed by atoms with Gasteiger partial charge in [-0.15, -0.1) is 0 Å². The molecular weight excluding hydrogens is 336 g/mol. The van der Waals surface area contributed by atoms with Crippen molar-refractivity contribution in [1.82, 2.24) is 0 Å². The summed E-state index contributed by atoms with van der Waals surface area (Å²) >= 11 is -0.497. The molecule has 0 bridgehead atoms. The summed E-state index contributed by atoms with van der Waals surface area (Å²) in [5.41, 5.74) is -5.60. The molecule has 0 aliphatic rings. The quantitative estimate of drug-likeness (QED) is 0.656. The van der Waals surface area contributed by atoms with Crippen molar-refractivity contribution < 1.29 is 35.9 Å². The number of benzene rings is 1. The molecule has 0 aromatic heterocycles. The molecule has 1 rings (SSSR count). The molecule has 1 aromatic rings. The molecule has 10 heteroatoms. The van der Waals surface area contributed by atoms with Gasteiger partial charge in [0.15, 0.2) is 9.84 Å². The maximum atomic E-state index is 13.5. The molecule has 0 fully saturated rings. The monoisotopic (exact) mass is 346 g/mol. The third-order valence-electron chi connectivity index (χ3n) is 2.44. The zero-order valence-corrected chi connectivity index (χ0v) is 12.2. The first kappa shape index (κ1) is 17.8. The van der Waals surface area contributed by atoms with E-state index in [2.05, 4.69) is 0 Å². The van der Waals surface area contributed by atoms with Gasteiger partial charge in [-0.25, -0.2) is 17.6 Å². The Morgan fingerprint density at radius 3 is 2.38 bits per heavy atom. The van der Waals surface area contributed by atoms with Crippen LogP contribution in [0.5, 0.6) is 0 Å².